The van der Waals surface area contributed by atoms with Crippen molar-refractivity contribution in [2.24, 2.45) is 0 Å². The van der Waals surface area contributed by atoms with Gasteiger partial charge in [-0.3, -0.25) is 4.79 Å². The van der Waals surface area contributed by atoms with E-state index in [0.29, 0.717) is 0 Å². The van der Waals surface area contributed by atoms with Crippen molar-refractivity contribution < 1.29 is 4.79 Å². The third kappa shape index (κ3) is 3.49. The van der Waals surface area contributed by atoms with Crippen molar-refractivity contribution >= 4 is 5.91 Å². The molecule has 136 valence electrons. The van der Waals surface area contributed by atoms with Crippen molar-refractivity contribution in [2.75, 3.05) is 19.6 Å². The van der Waals surface area contributed by atoms with Gasteiger partial charge in [-0.2, -0.15) is 0 Å². The number of carbonyl (C=O) groups excluding carboxylic acids is 1. The molecule has 1 amide bonds. The van der Waals surface area contributed by atoms with Crippen molar-refractivity contribution in [1.29, 1.82) is 0 Å². The normalized spacial score (nSPS) is 21.1. The lowest BCUT2D eigenvalue weighted by Gasteiger charge is -2.34. The number of rotatable bonds is 3. The fraction of sp³-hybridized carbons (Fsp3) is 0.476. The first-order chi connectivity index (χ1) is 12.7. The maximum Gasteiger partial charge on any atom is 0.229 e. The Hall–Kier alpha value is -2.27. The van der Waals surface area contributed by atoms with E-state index in [4.69, 9.17) is 4.98 Å². The lowest BCUT2D eigenvalue weighted by Crippen LogP contribution is -2.41. The van der Waals surface area contributed by atoms with E-state index in [9.17, 15) is 4.79 Å². The summed E-state index contributed by atoms with van der Waals surface area (Å²) in [5.74, 6) is 1.26. The van der Waals surface area contributed by atoms with E-state index in [1.165, 1.54) is 11.3 Å². The summed E-state index contributed by atoms with van der Waals surface area (Å²) in [5.41, 5.74) is 3.47. The number of hydrogen-bond acceptors (Lipinski definition) is 4. The molecule has 3 heterocycles. The van der Waals surface area contributed by atoms with Crippen LogP contribution in [0.4, 0.5) is 0 Å². The third-order valence-corrected chi connectivity index (χ3v) is 5.60. The summed E-state index contributed by atoms with van der Waals surface area (Å²) in [5, 5.41) is 3.36. The second kappa shape index (κ2) is 7.54. The molecule has 26 heavy (non-hydrogen) atoms. The van der Waals surface area contributed by atoms with Gasteiger partial charge in [-0.15, -0.1) is 0 Å². The zero-order chi connectivity index (χ0) is 17.9. The van der Waals surface area contributed by atoms with E-state index < -0.39 is 0 Å². The molecule has 0 radical (unpaired) electrons. The van der Waals surface area contributed by atoms with Crippen LogP contribution in [0.2, 0.25) is 0 Å². The predicted octanol–water partition coefficient (Wildman–Crippen LogP) is 2.63. The van der Waals surface area contributed by atoms with Gasteiger partial charge in [0.2, 0.25) is 5.91 Å². The van der Waals surface area contributed by atoms with Crippen LogP contribution in [0.5, 0.6) is 0 Å². The van der Waals surface area contributed by atoms with E-state index in [2.05, 4.69) is 10.3 Å². The maximum atomic E-state index is 13.0. The SMILES string of the molecule is C[C@H](C(=O)N1CCC[C@@H](c2ncc3c(n2)CCNC3)C1)c1ccccc1. The van der Waals surface area contributed by atoms with Crippen LogP contribution in [-0.2, 0) is 17.8 Å². The van der Waals surface area contributed by atoms with Gasteiger partial charge in [-0.25, -0.2) is 9.97 Å². The molecule has 1 aromatic heterocycles. The molecule has 0 saturated carbocycles. The van der Waals surface area contributed by atoms with Crippen molar-refractivity contribution in [1.82, 2.24) is 20.2 Å². The zero-order valence-electron chi connectivity index (χ0n) is 15.3. The van der Waals surface area contributed by atoms with Crippen LogP contribution in [0.25, 0.3) is 0 Å². The average molecular weight is 350 g/mol. The molecule has 4 rings (SSSR count). The third-order valence-electron chi connectivity index (χ3n) is 5.60. The molecule has 1 fully saturated rings. The number of carbonyl (C=O) groups is 1. The first-order valence-corrected chi connectivity index (χ1v) is 9.61. The van der Waals surface area contributed by atoms with Crippen LogP contribution >= 0.6 is 0 Å². The minimum absolute atomic E-state index is 0.106. The molecule has 0 aliphatic carbocycles. The Morgan fingerprint density at radius 3 is 3.00 bits per heavy atom. The Balaban J connectivity index is 1.48. The fourth-order valence-electron chi connectivity index (χ4n) is 3.99. The maximum absolute atomic E-state index is 13.0. The van der Waals surface area contributed by atoms with Crippen LogP contribution in [0.15, 0.2) is 36.5 Å². The topological polar surface area (TPSA) is 58.1 Å². The number of nitrogens with one attached hydrogen (secondary N) is 1. The molecule has 1 N–H and O–H groups in total. The number of hydrogen-bond donors (Lipinski definition) is 1. The number of benzene rings is 1. The van der Waals surface area contributed by atoms with Gasteiger partial charge < -0.3 is 10.2 Å². The van der Waals surface area contributed by atoms with Crippen LogP contribution in [0, 0.1) is 0 Å². The number of amides is 1. The van der Waals surface area contributed by atoms with Gasteiger partial charge >= 0.3 is 0 Å². The summed E-state index contributed by atoms with van der Waals surface area (Å²) in [6.45, 7) is 5.41. The Labute approximate surface area is 154 Å². The molecule has 0 bridgehead atoms. The standard InChI is InChI=1S/C21H26N4O/c1-15(16-6-3-2-4-7-16)21(26)25-11-5-8-17(14-25)20-23-13-18-12-22-10-9-19(18)24-20/h2-4,6-7,13,15,17,22H,5,8-12,14H2,1H3/t15-,17+/m0/s1. The highest BCUT2D eigenvalue weighted by Gasteiger charge is 2.30. The number of piperidine rings is 1. The van der Waals surface area contributed by atoms with Gasteiger partial charge in [0.25, 0.3) is 0 Å². The van der Waals surface area contributed by atoms with Gasteiger partial charge in [-0.1, -0.05) is 30.3 Å². The Morgan fingerprint density at radius 1 is 1.31 bits per heavy atom. The van der Waals surface area contributed by atoms with Gasteiger partial charge in [0, 0.05) is 56.0 Å². The number of nitrogens with zero attached hydrogens (tertiary/aromatic N) is 3. The Bertz CT molecular complexity index is 777. The van der Waals surface area contributed by atoms with Crippen LogP contribution in [-0.4, -0.2) is 40.4 Å². The minimum Gasteiger partial charge on any atom is -0.341 e. The van der Waals surface area contributed by atoms with E-state index in [-0.39, 0.29) is 17.7 Å². The lowest BCUT2D eigenvalue weighted by molar-refractivity contribution is -0.133. The Kier molecular flexibility index (Phi) is 4.98. The van der Waals surface area contributed by atoms with Crippen molar-refractivity contribution in [3.8, 4) is 0 Å². The molecular formula is C21H26N4O. The van der Waals surface area contributed by atoms with Crippen molar-refractivity contribution in [3.63, 3.8) is 0 Å². The molecular weight excluding hydrogens is 324 g/mol. The van der Waals surface area contributed by atoms with E-state index in [0.717, 1.165) is 56.8 Å². The van der Waals surface area contributed by atoms with E-state index in [1.54, 1.807) is 0 Å². The summed E-state index contributed by atoms with van der Waals surface area (Å²) in [6, 6.07) is 10.0. The second-order valence-corrected chi connectivity index (χ2v) is 7.38. The van der Waals surface area contributed by atoms with E-state index in [1.807, 2.05) is 48.4 Å². The molecule has 0 unspecified atom stereocenters. The highest BCUT2D eigenvalue weighted by molar-refractivity contribution is 5.83. The molecule has 1 saturated heterocycles. The number of likely N-dealkylation sites (tertiary alicyclic amines) is 1. The van der Waals surface area contributed by atoms with Crippen LogP contribution < -0.4 is 5.32 Å². The first-order valence-electron chi connectivity index (χ1n) is 9.61. The molecule has 5 heteroatoms. The quantitative estimate of drug-likeness (QED) is 0.924. The molecule has 2 aromatic rings. The molecule has 2 aliphatic heterocycles. The van der Waals surface area contributed by atoms with Gasteiger partial charge in [0.05, 0.1) is 5.92 Å². The predicted molar refractivity (Wildman–Crippen MR) is 101 cm³/mol. The fourth-order valence-corrected chi connectivity index (χ4v) is 3.99. The molecule has 2 atom stereocenters. The summed E-state index contributed by atoms with van der Waals surface area (Å²) < 4.78 is 0. The summed E-state index contributed by atoms with van der Waals surface area (Å²) >= 11 is 0. The lowest BCUT2D eigenvalue weighted by atomic mass is 9.93. The van der Waals surface area contributed by atoms with Crippen molar-refractivity contribution in [3.05, 3.63) is 59.2 Å². The average Bonchev–Trinajstić information content (AvgIpc) is 2.73. The highest BCUT2D eigenvalue weighted by Crippen LogP contribution is 2.28. The number of aromatic nitrogens is 2. The molecule has 5 nitrogen and oxygen atoms in total. The highest BCUT2D eigenvalue weighted by atomic mass is 16.2. The summed E-state index contributed by atoms with van der Waals surface area (Å²) in [6.07, 6.45) is 5.00. The van der Waals surface area contributed by atoms with Gasteiger partial charge in [0.1, 0.15) is 5.82 Å². The zero-order valence-corrected chi connectivity index (χ0v) is 15.3. The van der Waals surface area contributed by atoms with Gasteiger partial charge in [-0.05, 0) is 25.3 Å². The summed E-state index contributed by atoms with van der Waals surface area (Å²) in [4.78, 5) is 24.5. The Morgan fingerprint density at radius 2 is 2.15 bits per heavy atom. The summed E-state index contributed by atoms with van der Waals surface area (Å²) in [7, 11) is 0. The smallest absolute Gasteiger partial charge is 0.229 e. The first kappa shape index (κ1) is 17.2. The van der Waals surface area contributed by atoms with Crippen LogP contribution in [0.1, 0.15) is 54.2 Å². The molecule has 1 aromatic carbocycles. The molecule has 0 spiro atoms. The van der Waals surface area contributed by atoms with E-state index >= 15 is 0 Å². The molecule has 2 aliphatic rings. The monoisotopic (exact) mass is 350 g/mol. The van der Waals surface area contributed by atoms with Crippen LogP contribution in [0.3, 0.4) is 0 Å². The number of fused-ring (bicyclic) bond motifs is 1. The van der Waals surface area contributed by atoms with Crippen molar-refractivity contribution in [2.45, 2.75) is 44.6 Å². The second-order valence-electron chi connectivity index (χ2n) is 7.38. The largest absolute Gasteiger partial charge is 0.341 e. The van der Waals surface area contributed by atoms with Gasteiger partial charge in [0.15, 0.2) is 0 Å². The minimum atomic E-state index is -0.106.